The molecule has 0 aliphatic rings. The van der Waals surface area contributed by atoms with Gasteiger partial charge >= 0.3 is 0 Å². The number of aryl methyl sites for hydroxylation is 1. The Morgan fingerprint density at radius 1 is 1.41 bits per heavy atom. The number of aromatic amines is 1. The molecule has 3 aromatic rings. The quantitative estimate of drug-likeness (QED) is 0.673. The Morgan fingerprint density at radius 2 is 2.23 bits per heavy atom. The van der Waals surface area contributed by atoms with E-state index in [0.29, 0.717) is 13.1 Å². The first-order chi connectivity index (χ1) is 10.6. The highest BCUT2D eigenvalue weighted by molar-refractivity contribution is 5.84. The summed E-state index contributed by atoms with van der Waals surface area (Å²) in [5, 5.41) is 14.4. The SMILES string of the molecule is Cc1cc(C(CN)c2c[nH]c3ccc(F)cc23)n(CCO)n1. The largest absolute Gasteiger partial charge is 0.394 e. The molecular formula is C16H19FN4O. The summed E-state index contributed by atoms with van der Waals surface area (Å²) in [5.41, 5.74) is 9.60. The van der Waals surface area contributed by atoms with E-state index in [2.05, 4.69) is 10.1 Å². The van der Waals surface area contributed by atoms with E-state index in [1.807, 2.05) is 19.2 Å². The van der Waals surface area contributed by atoms with Gasteiger partial charge in [0.25, 0.3) is 0 Å². The van der Waals surface area contributed by atoms with Gasteiger partial charge in [-0.05, 0) is 36.8 Å². The van der Waals surface area contributed by atoms with Crippen molar-refractivity contribution in [3.8, 4) is 0 Å². The summed E-state index contributed by atoms with van der Waals surface area (Å²) in [6, 6.07) is 6.63. The maximum Gasteiger partial charge on any atom is 0.123 e. The normalized spacial score (nSPS) is 12.9. The molecule has 116 valence electrons. The van der Waals surface area contributed by atoms with E-state index < -0.39 is 0 Å². The zero-order chi connectivity index (χ0) is 15.7. The molecular weight excluding hydrogens is 283 g/mol. The Morgan fingerprint density at radius 3 is 2.95 bits per heavy atom. The molecule has 0 spiro atoms. The first-order valence-electron chi connectivity index (χ1n) is 7.26. The van der Waals surface area contributed by atoms with E-state index in [0.717, 1.165) is 27.9 Å². The molecule has 0 bridgehead atoms. The minimum atomic E-state index is -0.274. The zero-order valence-corrected chi connectivity index (χ0v) is 12.4. The second kappa shape index (κ2) is 5.90. The summed E-state index contributed by atoms with van der Waals surface area (Å²) >= 11 is 0. The molecule has 2 aromatic heterocycles. The van der Waals surface area contributed by atoms with Gasteiger partial charge in [-0.1, -0.05) is 0 Å². The van der Waals surface area contributed by atoms with Crippen molar-refractivity contribution in [3.63, 3.8) is 0 Å². The van der Waals surface area contributed by atoms with Crippen LogP contribution in [0.3, 0.4) is 0 Å². The fourth-order valence-corrected chi connectivity index (χ4v) is 2.93. The second-order valence-corrected chi connectivity index (χ2v) is 5.38. The van der Waals surface area contributed by atoms with Crippen LogP contribution in [-0.4, -0.2) is 33.0 Å². The van der Waals surface area contributed by atoms with Crippen molar-refractivity contribution in [3.05, 3.63) is 53.2 Å². The molecule has 2 heterocycles. The second-order valence-electron chi connectivity index (χ2n) is 5.38. The number of nitrogens with zero attached hydrogens (tertiary/aromatic N) is 2. The number of hydrogen-bond acceptors (Lipinski definition) is 3. The van der Waals surface area contributed by atoms with Crippen LogP contribution in [0.1, 0.15) is 22.9 Å². The van der Waals surface area contributed by atoms with Gasteiger partial charge in [0.1, 0.15) is 5.82 Å². The number of nitrogens with two attached hydrogens (primary N) is 1. The van der Waals surface area contributed by atoms with Crippen molar-refractivity contribution >= 4 is 10.9 Å². The van der Waals surface area contributed by atoms with Crippen LogP contribution in [0.2, 0.25) is 0 Å². The third-order valence-corrected chi connectivity index (χ3v) is 3.89. The lowest BCUT2D eigenvalue weighted by Gasteiger charge is -2.16. The lowest BCUT2D eigenvalue weighted by atomic mass is 9.95. The lowest BCUT2D eigenvalue weighted by molar-refractivity contribution is 0.266. The fourth-order valence-electron chi connectivity index (χ4n) is 2.93. The summed E-state index contributed by atoms with van der Waals surface area (Å²) in [7, 11) is 0. The molecule has 0 saturated carbocycles. The minimum absolute atomic E-state index is 0.00786. The number of aliphatic hydroxyl groups excluding tert-OH is 1. The van der Waals surface area contributed by atoms with Crippen molar-refractivity contribution in [1.82, 2.24) is 14.8 Å². The topological polar surface area (TPSA) is 79.9 Å². The molecule has 3 rings (SSSR count). The molecule has 0 aliphatic carbocycles. The van der Waals surface area contributed by atoms with Gasteiger partial charge in [0.2, 0.25) is 0 Å². The van der Waals surface area contributed by atoms with E-state index in [1.165, 1.54) is 12.1 Å². The van der Waals surface area contributed by atoms with Crippen molar-refractivity contribution in [2.75, 3.05) is 13.2 Å². The predicted molar refractivity (Wildman–Crippen MR) is 83.2 cm³/mol. The number of rotatable bonds is 5. The van der Waals surface area contributed by atoms with E-state index in [-0.39, 0.29) is 18.3 Å². The average molecular weight is 302 g/mol. The number of nitrogens with one attached hydrogen (secondary N) is 1. The summed E-state index contributed by atoms with van der Waals surface area (Å²) in [6.07, 6.45) is 1.87. The van der Waals surface area contributed by atoms with Crippen LogP contribution in [0.5, 0.6) is 0 Å². The van der Waals surface area contributed by atoms with Crippen LogP contribution in [0.4, 0.5) is 4.39 Å². The highest BCUT2D eigenvalue weighted by Crippen LogP contribution is 2.31. The number of fused-ring (bicyclic) bond motifs is 1. The molecule has 5 nitrogen and oxygen atoms in total. The number of hydrogen-bond donors (Lipinski definition) is 3. The highest BCUT2D eigenvalue weighted by Gasteiger charge is 2.21. The van der Waals surface area contributed by atoms with Crippen molar-refractivity contribution in [2.24, 2.45) is 5.73 Å². The molecule has 1 atom stereocenters. The molecule has 6 heteroatoms. The standard InChI is InChI=1S/C16H19FN4O/c1-10-6-16(21(20-10)4-5-22)13(8-18)14-9-19-15-3-2-11(17)7-12(14)15/h2-3,6-7,9,13,19,22H,4-5,8,18H2,1H3. The van der Waals surface area contributed by atoms with Gasteiger partial charge in [-0.15, -0.1) is 0 Å². The number of halogens is 1. The molecule has 0 amide bonds. The summed E-state index contributed by atoms with van der Waals surface area (Å²) in [5.74, 6) is -0.382. The van der Waals surface area contributed by atoms with E-state index in [9.17, 15) is 9.50 Å². The predicted octanol–water partition coefficient (Wildman–Crippen LogP) is 1.89. The summed E-state index contributed by atoms with van der Waals surface area (Å²) < 4.78 is 15.3. The number of aliphatic hydroxyl groups is 1. The summed E-state index contributed by atoms with van der Waals surface area (Å²) in [4.78, 5) is 3.16. The van der Waals surface area contributed by atoms with Crippen LogP contribution in [0, 0.1) is 12.7 Å². The third-order valence-electron chi connectivity index (χ3n) is 3.89. The van der Waals surface area contributed by atoms with E-state index in [1.54, 1.807) is 10.7 Å². The molecule has 4 N–H and O–H groups in total. The van der Waals surface area contributed by atoms with Crippen molar-refractivity contribution < 1.29 is 9.50 Å². The van der Waals surface area contributed by atoms with Crippen LogP contribution >= 0.6 is 0 Å². The fraction of sp³-hybridized carbons (Fsp3) is 0.312. The Bertz CT molecular complexity index is 793. The van der Waals surface area contributed by atoms with Crippen LogP contribution in [0.25, 0.3) is 10.9 Å². The average Bonchev–Trinajstić information content (AvgIpc) is 3.05. The van der Waals surface area contributed by atoms with Crippen LogP contribution < -0.4 is 5.73 Å². The Hall–Kier alpha value is -2.18. The Balaban J connectivity index is 2.12. The van der Waals surface area contributed by atoms with Gasteiger partial charge in [-0.3, -0.25) is 4.68 Å². The Labute approximate surface area is 127 Å². The maximum atomic E-state index is 13.6. The molecule has 0 fully saturated rings. The van der Waals surface area contributed by atoms with Crippen LogP contribution in [-0.2, 0) is 6.54 Å². The number of benzene rings is 1. The maximum absolute atomic E-state index is 13.6. The molecule has 0 saturated heterocycles. The lowest BCUT2D eigenvalue weighted by Crippen LogP contribution is -2.19. The molecule has 1 unspecified atom stereocenters. The third kappa shape index (κ3) is 2.51. The number of H-pyrrole nitrogens is 1. The monoisotopic (exact) mass is 302 g/mol. The van der Waals surface area contributed by atoms with Crippen molar-refractivity contribution in [2.45, 2.75) is 19.4 Å². The summed E-state index contributed by atoms with van der Waals surface area (Å²) in [6.45, 7) is 2.70. The van der Waals surface area contributed by atoms with Gasteiger partial charge in [0.05, 0.1) is 18.8 Å². The molecule has 1 aromatic carbocycles. The molecule has 22 heavy (non-hydrogen) atoms. The van der Waals surface area contributed by atoms with E-state index >= 15 is 0 Å². The van der Waals surface area contributed by atoms with Gasteiger partial charge < -0.3 is 15.8 Å². The smallest absolute Gasteiger partial charge is 0.123 e. The van der Waals surface area contributed by atoms with Gasteiger partial charge in [-0.2, -0.15) is 5.10 Å². The Kier molecular flexibility index (Phi) is 3.96. The highest BCUT2D eigenvalue weighted by atomic mass is 19.1. The van der Waals surface area contributed by atoms with Crippen molar-refractivity contribution in [1.29, 1.82) is 0 Å². The van der Waals surface area contributed by atoms with Gasteiger partial charge in [-0.25, -0.2) is 4.39 Å². The number of aromatic nitrogens is 3. The van der Waals surface area contributed by atoms with E-state index in [4.69, 9.17) is 5.73 Å². The van der Waals surface area contributed by atoms with Gasteiger partial charge in [0, 0.05) is 35.3 Å². The first-order valence-corrected chi connectivity index (χ1v) is 7.26. The zero-order valence-electron chi connectivity index (χ0n) is 12.4. The van der Waals surface area contributed by atoms with Gasteiger partial charge in [0.15, 0.2) is 0 Å². The minimum Gasteiger partial charge on any atom is -0.394 e. The van der Waals surface area contributed by atoms with Crippen LogP contribution in [0.15, 0.2) is 30.5 Å². The molecule has 0 radical (unpaired) electrons. The first kappa shape index (κ1) is 14.7. The molecule has 0 aliphatic heterocycles.